The predicted octanol–water partition coefficient (Wildman–Crippen LogP) is 4.84. The molecular formula is C20H14ClNO3S. The highest BCUT2D eigenvalue weighted by molar-refractivity contribution is 7.95. The van der Waals surface area contributed by atoms with Gasteiger partial charge < -0.3 is 4.74 Å². The summed E-state index contributed by atoms with van der Waals surface area (Å²) < 4.78 is 31.0. The van der Waals surface area contributed by atoms with Crippen molar-refractivity contribution in [3.63, 3.8) is 0 Å². The van der Waals surface area contributed by atoms with Crippen LogP contribution in [0.3, 0.4) is 0 Å². The maximum atomic E-state index is 12.8. The summed E-state index contributed by atoms with van der Waals surface area (Å²) in [6, 6.07) is 18.6. The number of nitrogens with zero attached hydrogens (tertiary/aromatic N) is 1. The first-order valence-corrected chi connectivity index (χ1v) is 9.51. The minimum atomic E-state index is -3.97. The first-order chi connectivity index (χ1) is 12.5. The monoisotopic (exact) mass is 383 g/mol. The lowest BCUT2D eigenvalue weighted by Gasteiger charge is -2.10. The molecule has 0 unspecified atom stereocenters. The zero-order valence-corrected chi connectivity index (χ0v) is 15.4. The molecule has 0 fully saturated rings. The molecular weight excluding hydrogens is 370 g/mol. The summed E-state index contributed by atoms with van der Waals surface area (Å²) in [7, 11) is -2.47. The van der Waals surface area contributed by atoms with Gasteiger partial charge >= 0.3 is 0 Å². The van der Waals surface area contributed by atoms with E-state index < -0.39 is 9.84 Å². The van der Waals surface area contributed by atoms with Crippen molar-refractivity contribution in [2.75, 3.05) is 7.11 Å². The van der Waals surface area contributed by atoms with Crippen molar-refractivity contribution >= 4 is 38.3 Å². The summed E-state index contributed by atoms with van der Waals surface area (Å²) in [5, 5.41) is 11.6. The molecule has 130 valence electrons. The van der Waals surface area contributed by atoms with Crippen LogP contribution in [0.5, 0.6) is 5.75 Å². The maximum absolute atomic E-state index is 12.8. The smallest absolute Gasteiger partial charge is 0.216 e. The number of halogens is 1. The van der Waals surface area contributed by atoms with Crippen molar-refractivity contribution in [2.24, 2.45) is 0 Å². The Balaban J connectivity index is 2.23. The standard InChI is InChI=1S/C20H14ClNO3S/c1-25-20-11-6-14-4-2-3-5-18(14)19(20)12-17(13-22)26(23,24)16-9-7-15(21)8-10-16/h2-12H,1H3/b17-12+. The van der Waals surface area contributed by atoms with E-state index >= 15 is 0 Å². The summed E-state index contributed by atoms with van der Waals surface area (Å²) in [4.78, 5) is -0.358. The van der Waals surface area contributed by atoms with Gasteiger partial charge in [-0.05, 0) is 47.2 Å². The number of methoxy groups -OCH3 is 1. The highest BCUT2D eigenvalue weighted by atomic mass is 35.5. The third kappa shape index (κ3) is 3.30. The Kier molecular flexibility index (Phi) is 4.99. The molecule has 0 radical (unpaired) electrons. The van der Waals surface area contributed by atoms with Crippen LogP contribution in [0.4, 0.5) is 0 Å². The van der Waals surface area contributed by atoms with E-state index in [0.29, 0.717) is 16.3 Å². The van der Waals surface area contributed by atoms with Crippen LogP contribution in [-0.4, -0.2) is 15.5 Å². The zero-order chi connectivity index (χ0) is 18.7. The number of benzene rings is 3. The summed E-state index contributed by atoms with van der Waals surface area (Å²) in [6.07, 6.45) is 1.35. The van der Waals surface area contributed by atoms with Gasteiger partial charge in [-0.15, -0.1) is 0 Å². The number of nitriles is 1. The Morgan fingerprint density at radius 2 is 1.77 bits per heavy atom. The summed E-state index contributed by atoms with van der Waals surface area (Å²) in [5.41, 5.74) is 0.541. The number of rotatable bonds is 4. The average molecular weight is 384 g/mol. The highest BCUT2D eigenvalue weighted by Crippen LogP contribution is 2.32. The SMILES string of the molecule is COc1ccc2ccccc2c1/C=C(\C#N)S(=O)(=O)c1ccc(Cl)cc1. The molecule has 0 aliphatic heterocycles. The fourth-order valence-corrected chi connectivity index (χ4v) is 3.91. The Bertz CT molecular complexity index is 1140. The number of hydrogen-bond donors (Lipinski definition) is 0. The van der Waals surface area contributed by atoms with E-state index in [1.807, 2.05) is 30.3 Å². The van der Waals surface area contributed by atoms with Crippen molar-refractivity contribution in [2.45, 2.75) is 4.90 Å². The normalized spacial score (nSPS) is 12.0. The van der Waals surface area contributed by atoms with Crippen LogP contribution < -0.4 is 4.74 Å². The predicted molar refractivity (Wildman–Crippen MR) is 103 cm³/mol. The van der Waals surface area contributed by atoms with Crippen LogP contribution in [0.15, 0.2) is 70.5 Å². The summed E-state index contributed by atoms with van der Waals surface area (Å²) >= 11 is 5.82. The first-order valence-electron chi connectivity index (χ1n) is 7.65. The van der Waals surface area contributed by atoms with Crippen molar-refractivity contribution in [3.05, 3.63) is 76.2 Å². The molecule has 3 aromatic carbocycles. The Hall–Kier alpha value is -2.81. The first kappa shape index (κ1) is 18.0. The van der Waals surface area contributed by atoms with E-state index in [4.69, 9.17) is 16.3 Å². The second-order valence-electron chi connectivity index (χ2n) is 5.48. The molecule has 0 aliphatic rings. The van der Waals surface area contributed by atoms with Gasteiger partial charge in [0.05, 0.1) is 12.0 Å². The molecule has 4 nitrogen and oxygen atoms in total. The van der Waals surface area contributed by atoms with E-state index in [1.165, 1.54) is 37.5 Å². The third-order valence-corrected chi connectivity index (χ3v) is 5.88. The lowest BCUT2D eigenvalue weighted by atomic mass is 10.0. The molecule has 0 heterocycles. The van der Waals surface area contributed by atoms with Crippen molar-refractivity contribution in [1.82, 2.24) is 0 Å². The Labute approximate surface area is 156 Å². The second kappa shape index (κ2) is 7.20. The molecule has 0 saturated carbocycles. The van der Waals surface area contributed by atoms with Gasteiger partial charge in [0.1, 0.15) is 16.7 Å². The number of sulfone groups is 1. The van der Waals surface area contributed by atoms with Gasteiger partial charge in [-0.1, -0.05) is 41.9 Å². The van der Waals surface area contributed by atoms with Crippen molar-refractivity contribution < 1.29 is 13.2 Å². The van der Waals surface area contributed by atoms with Crippen LogP contribution in [0.25, 0.3) is 16.8 Å². The maximum Gasteiger partial charge on any atom is 0.216 e. The molecule has 0 bridgehead atoms. The molecule has 0 aromatic heterocycles. The Morgan fingerprint density at radius 3 is 2.42 bits per heavy atom. The van der Waals surface area contributed by atoms with Gasteiger partial charge in [-0.25, -0.2) is 8.42 Å². The summed E-state index contributed by atoms with van der Waals surface area (Å²) in [6.45, 7) is 0. The van der Waals surface area contributed by atoms with Crippen molar-refractivity contribution in [3.8, 4) is 11.8 Å². The van der Waals surface area contributed by atoms with Crippen molar-refractivity contribution in [1.29, 1.82) is 5.26 Å². The lowest BCUT2D eigenvalue weighted by molar-refractivity contribution is 0.414. The van der Waals surface area contributed by atoms with Gasteiger partial charge in [0.15, 0.2) is 0 Å². The van der Waals surface area contributed by atoms with E-state index in [-0.39, 0.29) is 9.80 Å². The average Bonchev–Trinajstić information content (AvgIpc) is 2.66. The molecule has 0 aliphatic carbocycles. The van der Waals surface area contributed by atoms with Gasteiger partial charge in [0, 0.05) is 10.6 Å². The van der Waals surface area contributed by atoms with E-state index in [0.717, 1.165) is 10.8 Å². The molecule has 6 heteroatoms. The molecule has 0 saturated heterocycles. The number of fused-ring (bicyclic) bond motifs is 1. The van der Waals surface area contributed by atoms with Gasteiger partial charge in [-0.2, -0.15) is 5.26 Å². The van der Waals surface area contributed by atoms with Crippen LogP contribution >= 0.6 is 11.6 Å². The highest BCUT2D eigenvalue weighted by Gasteiger charge is 2.22. The quantitative estimate of drug-likeness (QED) is 0.604. The fourth-order valence-electron chi connectivity index (χ4n) is 2.64. The third-order valence-electron chi connectivity index (χ3n) is 3.95. The minimum Gasteiger partial charge on any atom is -0.496 e. The van der Waals surface area contributed by atoms with E-state index in [2.05, 4.69) is 0 Å². The molecule has 0 N–H and O–H groups in total. The van der Waals surface area contributed by atoms with Crippen LogP contribution in [0.2, 0.25) is 5.02 Å². The largest absolute Gasteiger partial charge is 0.496 e. The molecule has 0 spiro atoms. The second-order valence-corrected chi connectivity index (χ2v) is 7.83. The number of hydrogen-bond acceptors (Lipinski definition) is 4. The van der Waals surface area contributed by atoms with Gasteiger partial charge in [0.25, 0.3) is 0 Å². The van der Waals surface area contributed by atoms with Gasteiger partial charge in [-0.3, -0.25) is 0 Å². The fraction of sp³-hybridized carbons (Fsp3) is 0.0500. The Morgan fingerprint density at radius 1 is 1.08 bits per heavy atom. The number of ether oxygens (including phenoxy) is 1. The van der Waals surface area contributed by atoms with Crippen LogP contribution in [0.1, 0.15) is 5.56 Å². The molecule has 26 heavy (non-hydrogen) atoms. The van der Waals surface area contributed by atoms with E-state index in [9.17, 15) is 13.7 Å². The molecule has 3 rings (SSSR count). The topological polar surface area (TPSA) is 67.2 Å². The molecule has 0 amide bonds. The molecule has 0 atom stereocenters. The van der Waals surface area contributed by atoms with Gasteiger partial charge in [0.2, 0.25) is 9.84 Å². The zero-order valence-electron chi connectivity index (χ0n) is 13.8. The minimum absolute atomic E-state index is 0.00824. The lowest BCUT2D eigenvalue weighted by Crippen LogP contribution is -2.03. The van der Waals surface area contributed by atoms with E-state index in [1.54, 1.807) is 12.1 Å². The summed E-state index contributed by atoms with van der Waals surface area (Å²) in [5.74, 6) is 0.489. The van der Waals surface area contributed by atoms with Crippen LogP contribution in [-0.2, 0) is 9.84 Å². The number of allylic oxidation sites excluding steroid dienone is 1. The molecule has 3 aromatic rings. The van der Waals surface area contributed by atoms with Crippen LogP contribution in [0, 0.1) is 11.3 Å².